The number of amides is 1. The van der Waals surface area contributed by atoms with Gasteiger partial charge >= 0.3 is 0 Å². The van der Waals surface area contributed by atoms with Crippen LogP contribution in [0.3, 0.4) is 0 Å². The van der Waals surface area contributed by atoms with Crippen molar-refractivity contribution >= 4 is 5.91 Å². The second kappa shape index (κ2) is 5.74. The molecule has 5 nitrogen and oxygen atoms in total. The van der Waals surface area contributed by atoms with Gasteiger partial charge in [0.2, 0.25) is 5.91 Å². The number of carbonyl (C=O) groups is 1. The summed E-state index contributed by atoms with van der Waals surface area (Å²) in [6.07, 6.45) is 5.37. The maximum atomic E-state index is 12.1. The predicted octanol–water partition coefficient (Wildman–Crippen LogP) is 1.55. The fourth-order valence-corrected chi connectivity index (χ4v) is 2.74. The van der Waals surface area contributed by atoms with Crippen molar-refractivity contribution in [1.29, 1.82) is 0 Å². The summed E-state index contributed by atoms with van der Waals surface area (Å²) in [5, 5.41) is 4.35. The fraction of sp³-hybridized carbons (Fsp3) is 0.714. The van der Waals surface area contributed by atoms with Crippen LogP contribution in [0, 0.1) is 5.92 Å². The van der Waals surface area contributed by atoms with Gasteiger partial charge in [-0.1, -0.05) is 20.8 Å². The van der Waals surface area contributed by atoms with Crippen molar-refractivity contribution in [1.82, 2.24) is 14.7 Å². The van der Waals surface area contributed by atoms with Crippen LogP contribution in [0.5, 0.6) is 0 Å². The van der Waals surface area contributed by atoms with Gasteiger partial charge in [-0.05, 0) is 12.3 Å². The zero-order chi connectivity index (χ0) is 14.0. The molecular formula is C14H24N4O. The first-order valence-corrected chi connectivity index (χ1v) is 7.10. The van der Waals surface area contributed by atoms with Crippen LogP contribution in [0.2, 0.25) is 0 Å². The van der Waals surface area contributed by atoms with Gasteiger partial charge in [-0.3, -0.25) is 9.48 Å². The molecule has 106 valence electrons. The molecule has 1 saturated heterocycles. The van der Waals surface area contributed by atoms with Crippen molar-refractivity contribution in [2.45, 2.75) is 52.2 Å². The third kappa shape index (κ3) is 2.97. The molecule has 1 amide bonds. The molecule has 2 N–H and O–H groups in total. The van der Waals surface area contributed by atoms with E-state index in [9.17, 15) is 4.79 Å². The van der Waals surface area contributed by atoms with Crippen LogP contribution in [0.25, 0.3) is 0 Å². The normalized spacial score (nSPS) is 23.6. The third-order valence-electron chi connectivity index (χ3n) is 3.48. The average molecular weight is 264 g/mol. The van der Waals surface area contributed by atoms with Crippen molar-refractivity contribution in [2.24, 2.45) is 11.7 Å². The Hall–Kier alpha value is -1.36. The van der Waals surface area contributed by atoms with E-state index in [1.54, 1.807) is 0 Å². The Labute approximate surface area is 114 Å². The predicted molar refractivity (Wildman–Crippen MR) is 74.4 cm³/mol. The Morgan fingerprint density at radius 2 is 2.26 bits per heavy atom. The first kappa shape index (κ1) is 14.1. The number of aryl methyl sites for hydroxylation is 1. The third-order valence-corrected chi connectivity index (χ3v) is 3.48. The van der Waals surface area contributed by atoms with Crippen LogP contribution in [0.15, 0.2) is 12.4 Å². The second-order valence-electron chi connectivity index (χ2n) is 5.79. The van der Waals surface area contributed by atoms with Gasteiger partial charge in [0.05, 0.1) is 12.2 Å². The van der Waals surface area contributed by atoms with Gasteiger partial charge in [0, 0.05) is 37.3 Å². The number of carbonyl (C=O) groups excluding carboxylic acids is 1. The summed E-state index contributed by atoms with van der Waals surface area (Å²) in [5.41, 5.74) is 7.21. The molecular weight excluding hydrogens is 240 g/mol. The number of hydrogen-bond donors (Lipinski definition) is 1. The zero-order valence-electron chi connectivity index (χ0n) is 12.0. The molecule has 1 fully saturated rings. The molecule has 2 unspecified atom stereocenters. The molecule has 0 bridgehead atoms. The minimum atomic E-state index is -0.120. The van der Waals surface area contributed by atoms with Crippen molar-refractivity contribution in [2.75, 3.05) is 6.54 Å². The molecule has 0 radical (unpaired) electrons. The molecule has 2 atom stereocenters. The number of nitrogens with zero attached hydrogens (tertiary/aromatic N) is 3. The summed E-state index contributed by atoms with van der Waals surface area (Å²) >= 11 is 0. The van der Waals surface area contributed by atoms with Crippen molar-refractivity contribution in [3.05, 3.63) is 18.0 Å². The van der Waals surface area contributed by atoms with Gasteiger partial charge in [-0.2, -0.15) is 5.10 Å². The number of rotatable bonds is 5. The monoisotopic (exact) mass is 264 g/mol. The van der Waals surface area contributed by atoms with E-state index in [2.05, 4.69) is 25.9 Å². The largest absolute Gasteiger partial charge is 0.334 e. The molecule has 1 aromatic heterocycles. The van der Waals surface area contributed by atoms with Gasteiger partial charge in [0.15, 0.2) is 0 Å². The molecule has 0 spiro atoms. The highest BCUT2D eigenvalue weighted by Gasteiger charge is 2.39. The minimum Gasteiger partial charge on any atom is -0.334 e. The lowest BCUT2D eigenvalue weighted by Gasteiger charge is -2.27. The smallest absolute Gasteiger partial charge is 0.224 e. The lowest BCUT2D eigenvalue weighted by molar-refractivity contribution is -0.129. The molecule has 19 heavy (non-hydrogen) atoms. The SMILES string of the molecule is CCCn1cc(C2C(N)CC(=O)N2CC(C)C)cn1. The van der Waals surface area contributed by atoms with Crippen LogP contribution in [-0.2, 0) is 11.3 Å². The first-order chi connectivity index (χ1) is 9.02. The number of aromatic nitrogens is 2. The molecule has 1 aliphatic heterocycles. The number of likely N-dealkylation sites (tertiary alicyclic amines) is 1. The summed E-state index contributed by atoms with van der Waals surface area (Å²) in [7, 11) is 0. The van der Waals surface area contributed by atoms with Crippen molar-refractivity contribution in [3.8, 4) is 0 Å². The first-order valence-electron chi connectivity index (χ1n) is 7.10. The standard InChI is InChI=1S/C14H24N4O/c1-4-5-17-9-11(7-16-17)14-12(15)6-13(19)18(14)8-10(2)3/h7,9-10,12,14H,4-6,8,15H2,1-3H3. The van der Waals surface area contributed by atoms with Crippen molar-refractivity contribution in [3.63, 3.8) is 0 Å². The van der Waals surface area contributed by atoms with E-state index >= 15 is 0 Å². The summed E-state index contributed by atoms with van der Waals surface area (Å²) < 4.78 is 1.93. The van der Waals surface area contributed by atoms with Crippen LogP contribution in [0.4, 0.5) is 0 Å². The minimum absolute atomic E-state index is 0.0134. The summed E-state index contributed by atoms with van der Waals surface area (Å²) in [4.78, 5) is 14.0. The average Bonchev–Trinajstić information content (AvgIpc) is 2.85. The Morgan fingerprint density at radius 1 is 1.53 bits per heavy atom. The molecule has 5 heteroatoms. The highest BCUT2D eigenvalue weighted by atomic mass is 16.2. The van der Waals surface area contributed by atoms with Crippen LogP contribution >= 0.6 is 0 Å². The summed E-state index contributed by atoms with van der Waals surface area (Å²) in [6.45, 7) is 8.02. The van der Waals surface area contributed by atoms with E-state index in [4.69, 9.17) is 5.73 Å². The van der Waals surface area contributed by atoms with E-state index in [0.29, 0.717) is 12.3 Å². The summed E-state index contributed by atoms with van der Waals surface area (Å²) in [5.74, 6) is 0.608. The highest BCUT2D eigenvalue weighted by molar-refractivity contribution is 5.80. The Bertz CT molecular complexity index is 440. The van der Waals surface area contributed by atoms with Crippen molar-refractivity contribution < 1.29 is 4.79 Å². The van der Waals surface area contributed by atoms with Gasteiger partial charge in [0.25, 0.3) is 0 Å². The maximum absolute atomic E-state index is 12.1. The molecule has 0 aliphatic carbocycles. The number of nitrogens with two attached hydrogens (primary N) is 1. The topological polar surface area (TPSA) is 64.2 Å². The maximum Gasteiger partial charge on any atom is 0.224 e. The van der Waals surface area contributed by atoms with Crippen LogP contribution in [-0.4, -0.2) is 33.2 Å². The zero-order valence-corrected chi connectivity index (χ0v) is 12.0. The molecule has 1 aliphatic rings. The van der Waals surface area contributed by atoms with Gasteiger partial charge in [-0.25, -0.2) is 0 Å². The van der Waals surface area contributed by atoms with Gasteiger partial charge in [0.1, 0.15) is 0 Å². The fourth-order valence-electron chi connectivity index (χ4n) is 2.74. The highest BCUT2D eigenvalue weighted by Crippen LogP contribution is 2.32. The molecule has 0 saturated carbocycles. The lowest BCUT2D eigenvalue weighted by Crippen LogP contribution is -2.35. The number of hydrogen-bond acceptors (Lipinski definition) is 3. The Kier molecular flexibility index (Phi) is 4.24. The van der Waals surface area contributed by atoms with E-state index in [-0.39, 0.29) is 18.0 Å². The quantitative estimate of drug-likeness (QED) is 0.877. The van der Waals surface area contributed by atoms with Crippen LogP contribution < -0.4 is 5.73 Å². The Morgan fingerprint density at radius 3 is 2.89 bits per heavy atom. The Balaban J connectivity index is 2.20. The van der Waals surface area contributed by atoms with E-state index in [0.717, 1.165) is 25.1 Å². The van der Waals surface area contributed by atoms with Gasteiger partial charge < -0.3 is 10.6 Å². The second-order valence-corrected chi connectivity index (χ2v) is 5.79. The molecule has 2 heterocycles. The van der Waals surface area contributed by atoms with E-state index in [1.165, 1.54) is 0 Å². The molecule has 2 rings (SSSR count). The van der Waals surface area contributed by atoms with E-state index in [1.807, 2.05) is 22.0 Å². The molecule has 1 aromatic rings. The molecule has 0 aromatic carbocycles. The van der Waals surface area contributed by atoms with E-state index < -0.39 is 0 Å². The van der Waals surface area contributed by atoms with Gasteiger partial charge in [-0.15, -0.1) is 0 Å². The summed E-state index contributed by atoms with van der Waals surface area (Å²) in [6, 6.07) is -0.133. The lowest BCUT2D eigenvalue weighted by atomic mass is 10.0. The van der Waals surface area contributed by atoms with Crippen LogP contribution in [0.1, 0.15) is 45.2 Å².